The first-order valence-corrected chi connectivity index (χ1v) is 5.60. The quantitative estimate of drug-likeness (QED) is 0.668. The number of aryl methyl sites for hydroxylation is 1. The van der Waals surface area contributed by atoms with E-state index in [0.717, 1.165) is 0 Å². The van der Waals surface area contributed by atoms with Crippen molar-refractivity contribution in [3.05, 3.63) is 40.7 Å². The van der Waals surface area contributed by atoms with Gasteiger partial charge in [-0.1, -0.05) is 11.6 Å². The SMILES string of the molecule is COC(=O)c1cc(N)ccc1-n1cc(Cl)c(C)n1. The van der Waals surface area contributed by atoms with Crippen LogP contribution in [0.5, 0.6) is 0 Å². The fourth-order valence-corrected chi connectivity index (χ4v) is 1.72. The van der Waals surface area contributed by atoms with Crippen molar-refractivity contribution in [1.82, 2.24) is 9.78 Å². The summed E-state index contributed by atoms with van der Waals surface area (Å²) in [6, 6.07) is 4.93. The number of hydrogen-bond acceptors (Lipinski definition) is 4. The van der Waals surface area contributed by atoms with Crippen molar-refractivity contribution in [2.24, 2.45) is 0 Å². The van der Waals surface area contributed by atoms with Crippen molar-refractivity contribution in [1.29, 1.82) is 0 Å². The molecule has 0 amide bonds. The lowest BCUT2D eigenvalue weighted by atomic mass is 10.1. The molecular weight excluding hydrogens is 254 g/mol. The fourth-order valence-electron chi connectivity index (χ4n) is 1.59. The fraction of sp³-hybridized carbons (Fsp3) is 0.167. The number of nitrogens with zero attached hydrogens (tertiary/aromatic N) is 2. The van der Waals surface area contributed by atoms with Crippen LogP contribution >= 0.6 is 11.6 Å². The number of benzene rings is 1. The Labute approximate surface area is 109 Å². The lowest BCUT2D eigenvalue weighted by Crippen LogP contribution is -2.09. The van der Waals surface area contributed by atoms with Gasteiger partial charge < -0.3 is 10.5 Å². The van der Waals surface area contributed by atoms with E-state index in [1.165, 1.54) is 11.8 Å². The number of rotatable bonds is 2. The van der Waals surface area contributed by atoms with Gasteiger partial charge in [0.25, 0.3) is 0 Å². The normalized spacial score (nSPS) is 10.4. The average molecular weight is 266 g/mol. The number of anilines is 1. The first-order valence-electron chi connectivity index (χ1n) is 5.23. The zero-order valence-electron chi connectivity index (χ0n) is 9.98. The van der Waals surface area contributed by atoms with E-state index in [0.29, 0.717) is 27.7 Å². The number of aromatic nitrogens is 2. The van der Waals surface area contributed by atoms with Crippen LogP contribution in [0.25, 0.3) is 5.69 Å². The molecule has 6 heteroatoms. The topological polar surface area (TPSA) is 70.1 Å². The van der Waals surface area contributed by atoms with Gasteiger partial charge in [-0.05, 0) is 25.1 Å². The molecule has 18 heavy (non-hydrogen) atoms. The third-order valence-corrected chi connectivity index (χ3v) is 2.88. The van der Waals surface area contributed by atoms with Crippen molar-refractivity contribution in [3.63, 3.8) is 0 Å². The van der Waals surface area contributed by atoms with Crippen LogP contribution in [0, 0.1) is 6.92 Å². The number of nitrogens with two attached hydrogens (primary N) is 1. The van der Waals surface area contributed by atoms with Gasteiger partial charge in [-0.3, -0.25) is 0 Å². The number of methoxy groups -OCH3 is 1. The van der Waals surface area contributed by atoms with E-state index in [-0.39, 0.29) is 0 Å². The molecule has 94 valence electrons. The van der Waals surface area contributed by atoms with Gasteiger partial charge in [0, 0.05) is 11.9 Å². The van der Waals surface area contributed by atoms with E-state index in [2.05, 4.69) is 5.10 Å². The monoisotopic (exact) mass is 265 g/mol. The molecule has 1 aromatic heterocycles. The van der Waals surface area contributed by atoms with E-state index in [1.807, 2.05) is 0 Å². The number of ether oxygens (including phenoxy) is 1. The minimum atomic E-state index is -0.471. The molecule has 1 heterocycles. The maximum absolute atomic E-state index is 11.7. The van der Waals surface area contributed by atoms with Crippen molar-refractivity contribution in [2.75, 3.05) is 12.8 Å². The zero-order valence-corrected chi connectivity index (χ0v) is 10.7. The highest BCUT2D eigenvalue weighted by Crippen LogP contribution is 2.21. The minimum absolute atomic E-state index is 0.344. The second-order valence-corrected chi connectivity index (χ2v) is 4.18. The molecule has 0 unspecified atom stereocenters. The van der Waals surface area contributed by atoms with Crippen LogP contribution in [-0.2, 0) is 4.74 Å². The van der Waals surface area contributed by atoms with Gasteiger partial charge in [0.15, 0.2) is 0 Å². The van der Waals surface area contributed by atoms with Crippen LogP contribution < -0.4 is 5.73 Å². The van der Waals surface area contributed by atoms with Gasteiger partial charge in [0.2, 0.25) is 0 Å². The molecule has 0 radical (unpaired) electrons. The Hall–Kier alpha value is -2.01. The largest absolute Gasteiger partial charge is 0.465 e. The Balaban J connectivity index is 2.59. The van der Waals surface area contributed by atoms with Crippen molar-refractivity contribution < 1.29 is 9.53 Å². The Kier molecular flexibility index (Phi) is 3.25. The molecule has 0 aliphatic carbocycles. The molecule has 1 aromatic carbocycles. The van der Waals surface area contributed by atoms with Crippen molar-refractivity contribution >= 4 is 23.3 Å². The van der Waals surface area contributed by atoms with Crippen LogP contribution in [0.4, 0.5) is 5.69 Å². The number of hydrogen-bond donors (Lipinski definition) is 1. The smallest absolute Gasteiger partial charge is 0.340 e. The second kappa shape index (κ2) is 4.70. The highest BCUT2D eigenvalue weighted by Gasteiger charge is 2.15. The van der Waals surface area contributed by atoms with Gasteiger partial charge in [-0.15, -0.1) is 0 Å². The van der Waals surface area contributed by atoms with Gasteiger partial charge >= 0.3 is 5.97 Å². The third-order valence-electron chi connectivity index (χ3n) is 2.51. The van der Waals surface area contributed by atoms with Gasteiger partial charge in [0.05, 0.1) is 29.1 Å². The molecule has 2 aromatic rings. The summed E-state index contributed by atoms with van der Waals surface area (Å²) in [7, 11) is 1.32. The van der Waals surface area contributed by atoms with E-state index < -0.39 is 5.97 Å². The summed E-state index contributed by atoms with van der Waals surface area (Å²) >= 11 is 5.95. The molecular formula is C12H12ClN3O2. The molecule has 2 rings (SSSR count). The molecule has 5 nitrogen and oxygen atoms in total. The van der Waals surface area contributed by atoms with Crippen LogP contribution in [0.15, 0.2) is 24.4 Å². The average Bonchev–Trinajstić information content (AvgIpc) is 2.68. The van der Waals surface area contributed by atoms with Crippen LogP contribution in [-0.4, -0.2) is 22.9 Å². The number of esters is 1. The van der Waals surface area contributed by atoms with Crippen LogP contribution in [0.1, 0.15) is 16.1 Å². The zero-order chi connectivity index (χ0) is 13.3. The Morgan fingerprint density at radius 2 is 2.22 bits per heavy atom. The van der Waals surface area contributed by atoms with Crippen molar-refractivity contribution in [2.45, 2.75) is 6.92 Å². The number of carbonyl (C=O) groups is 1. The number of halogens is 1. The first kappa shape index (κ1) is 12.4. The summed E-state index contributed by atoms with van der Waals surface area (Å²) < 4.78 is 6.25. The molecule has 0 saturated carbocycles. The minimum Gasteiger partial charge on any atom is -0.465 e. The molecule has 0 bridgehead atoms. The summed E-state index contributed by atoms with van der Waals surface area (Å²) in [6.07, 6.45) is 1.63. The molecule has 0 atom stereocenters. The van der Waals surface area contributed by atoms with Gasteiger partial charge in [-0.2, -0.15) is 5.10 Å². The van der Waals surface area contributed by atoms with Crippen LogP contribution in [0.3, 0.4) is 0 Å². The summed E-state index contributed by atoms with van der Waals surface area (Å²) in [4.78, 5) is 11.7. The summed E-state index contributed by atoms with van der Waals surface area (Å²) in [5.74, 6) is -0.471. The molecule has 0 saturated heterocycles. The van der Waals surface area contributed by atoms with Gasteiger partial charge in [0.1, 0.15) is 0 Å². The predicted octanol–water partition coefficient (Wildman–Crippen LogP) is 2.20. The first-order chi connectivity index (χ1) is 8.52. The van der Waals surface area contributed by atoms with Crippen molar-refractivity contribution in [3.8, 4) is 5.69 Å². The van der Waals surface area contributed by atoms with E-state index in [9.17, 15) is 4.79 Å². The van der Waals surface area contributed by atoms with Crippen LogP contribution in [0.2, 0.25) is 5.02 Å². The Bertz CT molecular complexity index is 588. The van der Waals surface area contributed by atoms with E-state index in [1.54, 1.807) is 31.3 Å². The summed E-state index contributed by atoms with van der Waals surface area (Å²) in [5, 5.41) is 4.75. The number of carbonyl (C=O) groups excluding carboxylic acids is 1. The highest BCUT2D eigenvalue weighted by molar-refractivity contribution is 6.31. The molecule has 0 fully saturated rings. The lowest BCUT2D eigenvalue weighted by molar-refractivity contribution is 0.0600. The standard InChI is InChI=1S/C12H12ClN3O2/c1-7-10(13)6-16(15-7)11-4-3-8(14)5-9(11)12(17)18-2/h3-6H,14H2,1-2H3. The third kappa shape index (κ3) is 2.17. The van der Waals surface area contributed by atoms with Gasteiger partial charge in [-0.25, -0.2) is 9.48 Å². The predicted molar refractivity (Wildman–Crippen MR) is 69.1 cm³/mol. The lowest BCUT2D eigenvalue weighted by Gasteiger charge is -2.08. The van der Waals surface area contributed by atoms with E-state index in [4.69, 9.17) is 22.1 Å². The Morgan fingerprint density at radius 3 is 2.78 bits per heavy atom. The molecule has 0 aliphatic rings. The maximum atomic E-state index is 11.7. The summed E-state index contributed by atoms with van der Waals surface area (Å²) in [5.41, 5.74) is 7.75. The Morgan fingerprint density at radius 1 is 1.50 bits per heavy atom. The summed E-state index contributed by atoms with van der Waals surface area (Å²) in [6.45, 7) is 1.79. The maximum Gasteiger partial charge on any atom is 0.340 e. The molecule has 0 aliphatic heterocycles. The number of nitrogen functional groups attached to an aromatic ring is 1. The second-order valence-electron chi connectivity index (χ2n) is 3.78. The van der Waals surface area contributed by atoms with E-state index >= 15 is 0 Å². The molecule has 2 N–H and O–H groups in total. The molecule has 0 spiro atoms. The highest BCUT2D eigenvalue weighted by atomic mass is 35.5.